The number of hydroxylamine groups is 1. The van der Waals surface area contributed by atoms with Gasteiger partial charge in [0.05, 0.1) is 18.8 Å². The van der Waals surface area contributed by atoms with Gasteiger partial charge in [0.25, 0.3) is 0 Å². The Kier molecular flexibility index (Phi) is 7.28. The van der Waals surface area contributed by atoms with E-state index in [-0.39, 0.29) is 6.23 Å². The molecule has 3 unspecified atom stereocenters. The predicted molar refractivity (Wildman–Crippen MR) is 98.4 cm³/mol. The smallest absolute Gasteiger partial charge is 0.140 e. The molecule has 6 nitrogen and oxygen atoms in total. The molecule has 2 rings (SSSR count). The molecule has 2 aliphatic heterocycles. The van der Waals surface area contributed by atoms with E-state index < -0.39 is 0 Å². The van der Waals surface area contributed by atoms with E-state index in [0.29, 0.717) is 12.1 Å². The maximum Gasteiger partial charge on any atom is 0.140 e. The first kappa shape index (κ1) is 21.0. The Labute approximate surface area is 148 Å². The second-order valence-electron chi connectivity index (χ2n) is 6.67. The van der Waals surface area contributed by atoms with Gasteiger partial charge in [-0.2, -0.15) is 10.2 Å². The highest BCUT2D eigenvalue weighted by atomic mass is 16.7. The molecule has 2 aliphatic rings. The summed E-state index contributed by atoms with van der Waals surface area (Å²) in [5.41, 5.74) is 5.30. The van der Waals surface area contributed by atoms with Crippen molar-refractivity contribution in [1.29, 1.82) is 0 Å². The van der Waals surface area contributed by atoms with E-state index in [4.69, 9.17) is 9.57 Å². The molecule has 3 atom stereocenters. The van der Waals surface area contributed by atoms with E-state index in [1.54, 1.807) is 14.2 Å². The normalized spacial score (nSPS) is 27.1. The van der Waals surface area contributed by atoms with Crippen molar-refractivity contribution in [3.05, 3.63) is 22.5 Å². The van der Waals surface area contributed by atoms with Crippen LogP contribution in [-0.2, 0) is 9.57 Å². The lowest BCUT2D eigenvalue weighted by Gasteiger charge is -2.34. The minimum atomic E-state index is 0.116. The highest BCUT2D eigenvalue weighted by molar-refractivity contribution is 5.19. The Morgan fingerprint density at radius 3 is 1.54 bits per heavy atom. The number of hydrazine groups is 2. The summed E-state index contributed by atoms with van der Waals surface area (Å²) in [7, 11) is 7.55. The number of hydrogen-bond donors (Lipinski definition) is 0. The van der Waals surface area contributed by atoms with Crippen LogP contribution in [0.1, 0.15) is 48.5 Å². The fraction of sp³-hybridized carbons (Fsp3) is 0.778. The largest absolute Gasteiger partial charge is 0.361 e. The van der Waals surface area contributed by atoms with Crippen molar-refractivity contribution < 1.29 is 9.57 Å². The van der Waals surface area contributed by atoms with Crippen LogP contribution < -0.4 is 0 Å². The van der Waals surface area contributed by atoms with Crippen LogP contribution >= 0.6 is 0 Å². The Hall–Kier alpha value is -1.08. The average Bonchev–Trinajstić information content (AvgIpc) is 2.87. The number of hydrogen-bond acceptors (Lipinski definition) is 6. The number of rotatable bonds is 3. The van der Waals surface area contributed by atoms with Crippen molar-refractivity contribution in [2.24, 2.45) is 0 Å². The monoisotopic (exact) mass is 340 g/mol. The Balaban J connectivity index is 0.000000243. The molecule has 6 heteroatoms. The molecule has 0 radical (unpaired) electrons. The summed E-state index contributed by atoms with van der Waals surface area (Å²) in [6, 6.07) is 0.938. The van der Waals surface area contributed by atoms with Crippen LogP contribution in [0.2, 0.25) is 0 Å². The molecule has 0 fully saturated rings. The van der Waals surface area contributed by atoms with E-state index in [0.717, 1.165) is 0 Å². The standard InChI is InChI=1S/C10H20N2O.C8H16N2O/c1-7-8(2)11(5)12(9(7)3)10(4)13-6;1-6-7(2)9(4)10(11-5)8(6)3/h8,10H,1-6H3;7H,1-5H3. The summed E-state index contributed by atoms with van der Waals surface area (Å²) in [6.07, 6.45) is 0.116. The molecule has 0 spiro atoms. The third kappa shape index (κ3) is 3.77. The third-order valence-electron chi connectivity index (χ3n) is 5.63. The second kappa shape index (κ2) is 8.34. The molecular weight excluding hydrogens is 304 g/mol. The molecule has 0 aromatic rings. The van der Waals surface area contributed by atoms with Crippen LogP contribution in [0.4, 0.5) is 0 Å². The number of methoxy groups -OCH3 is 1. The Bertz CT molecular complexity index is 503. The third-order valence-corrected chi connectivity index (χ3v) is 5.63. The fourth-order valence-electron chi connectivity index (χ4n) is 3.21. The van der Waals surface area contributed by atoms with Gasteiger partial charge in [0.15, 0.2) is 0 Å². The van der Waals surface area contributed by atoms with Crippen LogP contribution in [0.15, 0.2) is 22.5 Å². The summed E-state index contributed by atoms with van der Waals surface area (Å²) in [5.74, 6) is 0. The molecule has 2 heterocycles. The van der Waals surface area contributed by atoms with Gasteiger partial charge in [0.1, 0.15) is 6.23 Å². The second-order valence-corrected chi connectivity index (χ2v) is 6.67. The van der Waals surface area contributed by atoms with Gasteiger partial charge < -0.3 is 4.74 Å². The topological polar surface area (TPSA) is 31.4 Å². The molecule has 0 aromatic heterocycles. The molecule has 0 saturated carbocycles. The highest BCUT2D eigenvalue weighted by Crippen LogP contribution is 2.29. The molecule has 0 saturated heterocycles. The summed E-state index contributed by atoms with van der Waals surface area (Å²) >= 11 is 0. The van der Waals surface area contributed by atoms with Crippen LogP contribution in [0.3, 0.4) is 0 Å². The molecule has 24 heavy (non-hydrogen) atoms. The van der Waals surface area contributed by atoms with Gasteiger partial charge in [-0.25, -0.2) is 5.01 Å². The first-order valence-corrected chi connectivity index (χ1v) is 8.56. The van der Waals surface area contributed by atoms with Crippen molar-refractivity contribution in [1.82, 2.24) is 20.2 Å². The number of nitrogens with zero attached hydrogens (tertiary/aromatic N) is 4. The maximum atomic E-state index is 5.32. The van der Waals surface area contributed by atoms with Crippen molar-refractivity contribution in [3.8, 4) is 0 Å². The number of likely N-dealkylation sites (N-methyl/N-ethyl adjacent to an activating group) is 2. The highest BCUT2D eigenvalue weighted by Gasteiger charge is 2.31. The molecule has 140 valence electrons. The molecule has 0 amide bonds. The predicted octanol–water partition coefficient (Wildman–Crippen LogP) is 3.22. The zero-order chi connectivity index (χ0) is 18.8. The molecule has 0 N–H and O–H groups in total. The quantitative estimate of drug-likeness (QED) is 0.784. The molecule has 0 aliphatic carbocycles. The van der Waals surface area contributed by atoms with Crippen LogP contribution in [0, 0.1) is 0 Å². The lowest BCUT2D eigenvalue weighted by Crippen LogP contribution is -2.44. The summed E-state index contributed by atoms with van der Waals surface area (Å²) in [5, 5.41) is 8.31. The van der Waals surface area contributed by atoms with E-state index in [1.807, 2.05) is 12.2 Å². The van der Waals surface area contributed by atoms with Gasteiger partial charge in [0, 0.05) is 32.9 Å². The summed E-state index contributed by atoms with van der Waals surface area (Å²) in [4.78, 5) is 5.18. The summed E-state index contributed by atoms with van der Waals surface area (Å²) in [6.45, 7) is 15.0. The average molecular weight is 341 g/mol. The first-order chi connectivity index (χ1) is 11.1. The summed E-state index contributed by atoms with van der Waals surface area (Å²) < 4.78 is 5.32. The minimum absolute atomic E-state index is 0.116. The van der Waals surface area contributed by atoms with Gasteiger partial charge in [0.2, 0.25) is 0 Å². The van der Waals surface area contributed by atoms with E-state index in [9.17, 15) is 0 Å². The lowest BCUT2D eigenvalue weighted by atomic mass is 10.1. The van der Waals surface area contributed by atoms with Crippen molar-refractivity contribution in [2.45, 2.75) is 66.8 Å². The van der Waals surface area contributed by atoms with Crippen molar-refractivity contribution in [3.63, 3.8) is 0 Å². The Morgan fingerprint density at radius 1 is 0.833 bits per heavy atom. The van der Waals surface area contributed by atoms with Gasteiger partial charge >= 0.3 is 0 Å². The molecular formula is C18H36N4O2. The molecule has 0 bridgehead atoms. The Morgan fingerprint density at radius 2 is 1.29 bits per heavy atom. The van der Waals surface area contributed by atoms with Crippen LogP contribution in [0.5, 0.6) is 0 Å². The minimum Gasteiger partial charge on any atom is -0.361 e. The van der Waals surface area contributed by atoms with Gasteiger partial charge in [-0.05, 0) is 59.6 Å². The maximum absolute atomic E-state index is 5.32. The van der Waals surface area contributed by atoms with E-state index in [1.165, 1.54) is 22.5 Å². The van der Waals surface area contributed by atoms with E-state index >= 15 is 0 Å². The van der Waals surface area contributed by atoms with Crippen molar-refractivity contribution in [2.75, 3.05) is 28.3 Å². The zero-order valence-electron chi connectivity index (χ0n) is 17.3. The zero-order valence-corrected chi connectivity index (χ0v) is 17.3. The van der Waals surface area contributed by atoms with Gasteiger partial charge in [-0.1, -0.05) is 0 Å². The van der Waals surface area contributed by atoms with E-state index in [2.05, 4.69) is 70.5 Å². The van der Waals surface area contributed by atoms with Crippen molar-refractivity contribution >= 4 is 0 Å². The fourth-order valence-corrected chi connectivity index (χ4v) is 3.21. The number of ether oxygens (including phenoxy) is 1. The van der Waals surface area contributed by atoms with Gasteiger partial charge in [-0.15, -0.1) is 0 Å². The SMILES string of the molecule is COC(C)N1C(C)=C(C)C(C)N1C.CON1C(C)=C(C)C(C)N1C. The molecule has 0 aromatic carbocycles. The van der Waals surface area contributed by atoms with Gasteiger partial charge in [-0.3, -0.25) is 9.85 Å². The van der Waals surface area contributed by atoms with Crippen LogP contribution in [-0.4, -0.2) is 66.8 Å². The van der Waals surface area contributed by atoms with Crippen LogP contribution in [0.25, 0.3) is 0 Å². The number of allylic oxidation sites excluding steroid dienone is 2. The first-order valence-electron chi connectivity index (χ1n) is 8.56. The lowest BCUT2D eigenvalue weighted by molar-refractivity contribution is -0.226.